The molecule has 1 aliphatic rings. The first-order valence-corrected chi connectivity index (χ1v) is 12.2. The maximum atomic E-state index is 12.8. The molecule has 3 rings (SSSR count). The van der Waals surface area contributed by atoms with Gasteiger partial charge in [0.25, 0.3) is 0 Å². The molecule has 0 bridgehead atoms. The predicted octanol–water partition coefficient (Wildman–Crippen LogP) is 3.61. The van der Waals surface area contributed by atoms with Crippen molar-refractivity contribution in [3.8, 4) is 5.75 Å². The Morgan fingerprint density at radius 1 is 1.13 bits per heavy atom. The molecule has 0 radical (unpaired) electrons. The zero-order valence-electron chi connectivity index (χ0n) is 17.8. The summed E-state index contributed by atoms with van der Waals surface area (Å²) in [6.45, 7) is 3.84. The molecule has 0 saturated heterocycles. The van der Waals surface area contributed by atoms with Gasteiger partial charge in [-0.05, 0) is 68.4 Å². The number of nitrogens with one attached hydrogen (secondary N) is 1. The molecule has 1 aliphatic carbocycles. The van der Waals surface area contributed by atoms with Crippen molar-refractivity contribution in [2.45, 2.75) is 45.6 Å². The van der Waals surface area contributed by atoms with Crippen molar-refractivity contribution < 1.29 is 17.9 Å². The van der Waals surface area contributed by atoms with Gasteiger partial charge in [-0.25, -0.2) is 8.42 Å². The van der Waals surface area contributed by atoms with Crippen LogP contribution in [0.2, 0.25) is 0 Å². The molecule has 1 atom stereocenters. The molecular weight excluding hydrogens is 400 g/mol. The summed E-state index contributed by atoms with van der Waals surface area (Å²) >= 11 is 0. The third-order valence-electron chi connectivity index (χ3n) is 5.37. The average Bonchev–Trinajstić information content (AvgIpc) is 2.71. The summed E-state index contributed by atoms with van der Waals surface area (Å²) < 4.78 is 31.5. The van der Waals surface area contributed by atoms with Crippen molar-refractivity contribution in [2.75, 3.05) is 23.7 Å². The van der Waals surface area contributed by atoms with Crippen LogP contribution in [0.25, 0.3) is 0 Å². The third-order valence-corrected chi connectivity index (χ3v) is 6.50. The predicted molar refractivity (Wildman–Crippen MR) is 119 cm³/mol. The molecule has 0 aliphatic heterocycles. The van der Waals surface area contributed by atoms with Crippen LogP contribution in [0.5, 0.6) is 5.75 Å². The van der Waals surface area contributed by atoms with Crippen LogP contribution in [0.4, 0.5) is 5.69 Å². The topological polar surface area (TPSA) is 75.7 Å². The number of anilines is 1. The third kappa shape index (κ3) is 5.33. The fraction of sp³-hybridized carbons (Fsp3) is 0.435. The van der Waals surface area contributed by atoms with Gasteiger partial charge >= 0.3 is 0 Å². The number of carbonyl (C=O) groups excluding carboxylic acids is 1. The molecule has 7 heteroatoms. The molecule has 0 spiro atoms. The molecule has 2 aromatic rings. The molecular formula is C23H30N2O4S. The van der Waals surface area contributed by atoms with Crippen molar-refractivity contribution >= 4 is 21.6 Å². The van der Waals surface area contributed by atoms with Crippen molar-refractivity contribution in [3.63, 3.8) is 0 Å². The molecule has 30 heavy (non-hydrogen) atoms. The van der Waals surface area contributed by atoms with E-state index in [0.717, 1.165) is 29.0 Å². The lowest BCUT2D eigenvalue weighted by atomic mass is 9.89. The van der Waals surface area contributed by atoms with Crippen LogP contribution < -0.4 is 14.4 Å². The minimum absolute atomic E-state index is 0.215. The van der Waals surface area contributed by atoms with Gasteiger partial charge in [0.05, 0.1) is 24.6 Å². The van der Waals surface area contributed by atoms with Crippen molar-refractivity contribution in [1.82, 2.24) is 5.32 Å². The highest BCUT2D eigenvalue weighted by molar-refractivity contribution is 7.92. The Bertz CT molecular complexity index is 1000. The first kappa shape index (κ1) is 22.2. The lowest BCUT2D eigenvalue weighted by molar-refractivity contribution is -0.120. The van der Waals surface area contributed by atoms with Gasteiger partial charge in [0.2, 0.25) is 15.9 Å². The number of para-hydroxylation sites is 2. The number of ether oxygens (including phenoxy) is 1. The summed E-state index contributed by atoms with van der Waals surface area (Å²) in [6, 6.07) is 13.0. The van der Waals surface area contributed by atoms with Crippen molar-refractivity contribution in [2.24, 2.45) is 0 Å². The Morgan fingerprint density at radius 2 is 1.83 bits per heavy atom. The van der Waals surface area contributed by atoms with Crippen LogP contribution in [0, 0.1) is 0 Å². The molecule has 0 saturated carbocycles. The molecule has 0 unspecified atom stereocenters. The zero-order valence-corrected chi connectivity index (χ0v) is 18.7. The highest BCUT2D eigenvalue weighted by Gasteiger charge is 2.25. The van der Waals surface area contributed by atoms with Gasteiger partial charge in [-0.2, -0.15) is 0 Å². The number of hydrogen-bond donors (Lipinski definition) is 1. The number of carbonyl (C=O) groups is 1. The number of fused-ring (bicyclic) bond motifs is 1. The van der Waals surface area contributed by atoms with Gasteiger partial charge in [0.15, 0.2) is 0 Å². The quantitative estimate of drug-likeness (QED) is 0.694. The highest BCUT2D eigenvalue weighted by Crippen LogP contribution is 2.30. The van der Waals surface area contributed by atoms with Crippen LogP contribution in [-0.4, -0.2) is 33.7 Å². The largest absolute Gasteiger partial charge is 0.492 e. The standard InChI is InChI=1S/C23H30N2O4S/c1-4-29-22-12-8-7-11-21(22)25(30(3,27)28)16-23(26)24-17(2)19-14-13-18-9-5-6-10-20(18)15-19/h7-8,11-15,17H,4-6,9-10,16H2,1-3H3,(H,24,26)/t17-/m1/s1. The Balaban J connectivity index is 1.75. The SMILES string of the molecule is CCOc1ccccc1N(CC(=O)N[C@H](C)c1ccc2c(c1)CCCC2)S(C)(=O)=O. The molecule has 162 valence electrons. The number of benzene rings is 2. The Kier molecular flexibility index (Phi) is 7.02. The van der Waals surface area contributed by atoms with Crippen LogP contribution in [-0.2, 0) is 27.7 Å². The average molecular weight is 431 g/mol. The molecule has 0 heterocycles. The second kappa shape index (κ2) is 9.51. The van der Waals surface area contributed by atoms with E-state index in [4.69, 9.17) is 4.74 Å². The summed E-state index contributed by atoms with van der Waals surface area (Å²) in [5.41, 5.74) is 4.13. The zero-order chi connectivity index (χ0) is 21.7. The Hall–Kier alpha value is -2.54. The fourth-order valence-corrected chi connectivity index (χ4v) is 4.71. The van der Waals surface area contributed by atoms with E-state index in [0.29, 0.717) is 18.0 Å². The summed E-state index contributed by atoms with van der Waals surface area (Å²) in [5.74, 6) is 0.0675. The van der Waals surface area contributed by atoms with Gasteiger partial charge in [0, 0.05) is 0 Å². The van der Waals surface area contributed by atoms with E-state index in [1.54, 1.807) is 24.3 Å². The second-order valence-electron chi connectivity index (χ2n) is 7.69. The lowest BCUT2D eigenvalue weighted by Crippen LogP contribution is -2.41. The van der Waals surface area contributed by atoms with Crippen LogP contribution >= 0.6 is 0 Å². The molecule has 6 nitrogen and oxygen atoms in total. The van der Waals surface area contributed by atoms with Gasteiger partial charge in [-0.15, -0.1) is 0 Å². The van der Waals surface area contributed by atoms with E-state index in [1.165, 1.54) is 24.0 Å². The number of sulfonamides is 1. The summed E-state index contributed by atoms with van der Waals surface area (Å²) in [4.78, 5) is 12.8. The Labute approximate surface area is 179 Å². The number of nitrogens with zero attached hydrogens (tertiary/aromatic N) is 1. The highest BCUT2D eigenvalue weighted by atomic mass is 32.2. The van der Waals surface area contributed by atoms with Gasteiger partial charge < -0.3 is 10.1 Å². The number of amides is 1. The van der Waals surface area contributed by atoms with Gasteiger partial charge in [0.1, 0.15) is 12.3 Å². The summed E-state index contributed by atoms with van der Waals surface area (Å²) in [7, 11) is -3.67. The van der Waals surface area contributed by atoms with E-state index in [1.807, 2.05) is 19.9 Å². The normalized spacial score (nSPS) is 14.5. The lowest BCUT2D eigenvalue weighted by Gasteiger charge is -2.25. The van der Waals surface area contributed by atoms with E-state index in [9.17, 15) is 13.2 Å². The number of rotatable bonds is 8. The molecule has 0 aromatic heterocycles. The smallest absolute Gasteiger partial charge is 0.241 e. The van der Waals surface area contributed by atoms with Crippen LogP contribution in [0.1, 0.15) is 49.4 Å². The summed E-state index contributed by atoms with van der Waals surface area (Å²) in [5, 5.41) is 2.94. The van der Waals surface area contributed by atoms with Crippen LogP contribution in [0.15, 0.2) is 42.5 Å². The maximum Gasteiger partial charge on any atom is 0.241 e. The molecule has 0 fully saturated rings. The van der Waals surface area contributed by atoms with Crippen molar-refractivity contribution in [3.05, 3.63) is 59.2 Å². The monoisotopic (exact) mass is 430 g/mol. The first-order chi connectivity index (χ1) is 14.3. The maximum absolute atomic E-state index is 12.8. The molecule has 2 aromatic carbocycles. The van der Waals surface area contributed by atoms with E-state index in [-0.39, 0.29) is 18.5 Å². The molecule has 1 N–H and O–H groups in total. The number of hydrogen-bond acceptors (Lipinski definition) is 4. The van der Waals surface area contributed by atoms with Gasteiger partial charge in [-0.3, -0.25) is 9.10 Å². The second-order valence-corrected chi connectivity index (χ2v) is 9.60. The fourth-order valence-electron chi connectivity index (χ4n) is 3.85. The van der Waals surface area contributed by atoms with E-state index < -0.39 is 10.0 Å². The van der Waals surface area contributed by atoms with Crippen LogP contribution in [0.3, 0.4) is 0 Å². The van der Waals surface area contributed by atoms with E-state index in [2.05, 4.69) is 17.4 Å². The van der Waals surface area contributed by atoms with Crippen molar-refractivity contribution in [1.29, 1.82) is 0 Å². The molecule has 1 amide bonds. The number of aryl methyl sites for hydroxylation is 2. The Morgan fingerprint density at radius 3 is 2.53 bits per heavy atom. The first-order valence-electron chi connectivity index (χ1n) is 10.4. The summed E-state index contributed by atoms with van der Waals surface area (Å²) in [6.07, 6.45) is 5.69. The van der Waals surface area contributed by atoms with E-state index >= 15 is 0 Å². The van der Waals surface area contributed by atoms with Gasteiger partial charge in [-0.1, -0.05) is 30.3 Å². The minimum atomic E-state index is -3.67. The minimum Gasteiger partial charge on any atom is -0.492 e.